The molecule has 0 radical (unpaired) electrons. The average Bonchev–Trinajstić information content (AvgIpc) is 2.77. The van der Waals surface area contributed by atoms with Crippen LogP contribution >= 0.6 is 11.6 Å². The van der Waals surface area contributed by atoms with Gasteiger partial charge in [-0.1, -0.05) is 29.8 Å². The minimum atomic E-state index is -0.909. The molecule has 1 heterocycles. The van der Waals surface area contributed by atoms with Crippen LogP contribution in [-0.4, -0.2) is 15.6 Å². The van der Waals surface area contributed by atoms with Gasteiger partial charge in [0.1, 0.15) is 0 Å². The van der Waals surface area contributed by atoms with Gasteiger partial charge in [-0.05, 0) is 42.3 Å². The van der Waals surface area contributed by atoms with Gasteiger partial charge in [0.15, 0.2) is 0 Å². The summed E-state index contributed by atoms with van der Waals surface area (Å²) in [5.74, 6) is -0.909. The fraction of sp³-hybridized carbons (Fsp3) is 0.118. The van der Waals surface area contributed by atoms with Crippen LogP contribution in [0, 0.1) is 6.92 Å². The molecule has 0 spiro atoms. The van der Waals surface area contributed by atoms with Crippen molar-refractivity contribution in [1.29, 1.82) is 0 Å². The quantitative estimate of drug-likeness (QED) is 0.781. The fourth-order valence-corrected chi connectivity index (χ4v) is 2.65. The van der Waals surface area contributed by atoms with Gasteiger partial charge >= 0.3 is 5.97 Å². The first-order valence-electron chi connectivity index (χ1n) is 6.62. The van der Waals surface area contributed by atoms with Crippen molar-refractivity contribution in [3.05, 3.63) is 70.4 Å². The van der Waals surface area contributed by atoms with Gasteiger partial charge in [0.05, 0.1) is 5.56 Å². The number of hydrogen-bond donors (Lipinski definition) is 1. The second-order valence-corrected chi connectivity index (χ2v) is 5.54. The molecule has 0 amide bonds. The zero-order valence-corrected chi connectivity index (χ0v) is 12.3. The average molecular weight is 300 g/mol. The van der Waals surface area contributed by atoms with Gasteiger partial charge in [0.25, 0.3) is 0 Å². The Morgan fingerprint density at radius 3 is 2.57 bits per heavy atom. The van der Waals surface area contributed by atoms with Crippen molar-refractivity contribution in [3.63, 3.8) is 0 Å². The molecule has 106 valence electrons. The molecule has 3 aromatic rings. The number of halogens is 1. The Bertz CT molecular complexity index is 819. The number of aryl methyl sites for hydroxylation is 1. The Morgan fingerprint density at radius 2 is 1.90 bits per heavy atom. The second-order valence-electron chi connectivity index (χ2n) is 5.10. The number of rotatable bonds is 3. The van der Waals surface area contributed by atoms with Crippen LogP contribution in [0.4, 0.5) is 0 Å². The van der Waals surface area contributed by atoms with Crippen LogP contribution in [-0.2, 0) is 6.54 Å². The van der Waals surface area contributed by atoms with E-state index >= 15 is 0 Å². The lowest BCUT2D eigenvalue weighted by molar-refractivity contribution is 0.0697. The predicted octanol–water partition coefficient (Wildman–Crippen LogP) is 4.35. The van der Waals surface area contributed by atoms with E-state index in [1.165, 1.54) is 0 Å². The van der Waals surface area contributed by atoms with E-state index in [4.69, 9.17) is 16.7 Å². The summed E-state index contributed by atoms with van der Waals surface area (Å²) < 4.78 is 2.07. The molecule has 1 N–H and O–H groups in total. The number of nitrogens with zero attached hydrogens (tertiary/aromatic N) is 1. The van der Waals surface area contributed by atoms with Gasteiger partial charge in [-0.3, -0.25) is 0 Å². The maximum absolute atomic E-state index is 11.1. The van der Waals surface area contributed by atoms with E-state index in [0.29, 0.717) is 17.1 Å². The summed E-state index contributed by atoms with van der Waals surface area (Å²) >= 11 is 5.90. The summed E-state index contributed by atoms with van der Waals surface area (Å²) in [6.07, 6.45) is 2.05. The summed E-state index contributed by atoms with van der Waals surface area (Å²) in [4.78, 5) is 11.1. The highest BCUT2D eigenvalue weighted by atomic mass is 35.5. The van der Waals surface area contributed by atoms with Gasteiger partial charge in [-0.15, -0.1) is 0 Å². The van der Waals surface area contributed by atoms with Crippen molar-refractivity contribution in [3.8, 4) is 0 Å². The Kier molecular flexibility index (Phi) is 3.43. The molecular formula is C17H14ClNO2. The van der Waals surface area contributed by atoms with E-state index in [0.717, 1.165) is 22.0 Å². The third-order valence-corrected chi connectivity index (χ3v) is 3.85. The molecule has 2 aromatic carbocycles. The molecule has 0 aliphatic heterocycles. The van der Waals surface area contributed by atoms with Gasteiger partial charge < -0.3 is 9.67 Å². The molecule has 3 nitrogen and oxygen atoms in total. The molecule has 0 aliphatic rings. The lowest BCUT2D eigenvalue weighted by atomic mass is 10.1. The Labute approximate surface area is 127 Å². The first kappa shape index (κ1) is 13.7. The third kappa shape index (κ3) is 2.65. The Hall–Kier alpha value is -2.26. The molecule has 0 atom stereocenters. The van der Waals surface area contributed by atoms with Gasteiger partial charge in [0, 0.05) is 28.7 Å². The fourth-order valence-electron chi connectivity index (χ4n) is 2.53. The minimum absolute atomic E-state index is 0.304. The molecule has 0 saturated heterocycles. The van der Waals surface area contributed by atoms with Crippen LogP contribution in [0.15, 0.2) is 48.7 Å². The predicted molar refractivity (Wildman–Crippen MR) is 84.2 cm³/mol. The smallest absolute Gasteiger partial charge is 0.335 e. The van der Waals surface area contributed by atoms with Gasteiger partial charge in [-0.25, -0.2) is 4.79 Å². The van der Waals surface area contributed by atoms with Crippen molar-refractivity contribution >= 4 is 28.5 Å². The first-order valence-corrected chi connectivity index (χ1v) is 6.99. The van der Waals surface area contributed by atoms with E-state index < -0.39 is 5.97 Å². The molecule has 0 bridgehead atoms. The van der Waals surface area contributed by atoms with E-state index in [9.17, 15) is 4.79 Å². The highest BCUT2D eigenvalue weighted by Gasteiger charge is 2.10. The molecule has 0 saturated carbocycles. The van der Waals surface area contributed by atoms with Crippen molar-refractivity contribution < 1.29 is 9.90 Å². The van der Waals surface area contributed by atoms with E-state index in [2.05, 4.69) is 4.57 Å². The SMILES string of the molecule is Cc1cn(Cc2ccc(Cl)cc2)c2cc(C(=O)O)ccc12. The van der Waals surface area contributed by atoms with E-state index in [1.54, 1.807) is 12.1 Å². The number of carboxylic acid groups (broad SMARTS) is 1. The zero-order chi connectivity index (χ0) is 15.0. The number of benzene rings is 2. The maximum Gasteiger partial charge on any atom is 0.335 e. The van der Waals surface area contributed by atoms with Crippen LogP contribution in [0.3, 0.4) is 0 Å². The molecule has 0 aliphatic carbocycles. The van der Waals surface area contributed by atoms with Crippen LogP contribution in [0.2, 0.25) is 5.02 Å². The zero-order valence-electron chi connectivity index (χ0n) is 11.5. The summed E-state index contributed by atoms with van der Waals surface area (Å²) in [5.41, 5.74) is 3.49. The van der Waals surface area contributed by atoms with Crippen molar-refractivity contribution in [2.24, 2.45) is 0 Å². The first-order chi connectivity index (χ1) is 10.0. The number of carboxylic acids is 1. The van der Waals surface area contributed by atoms with Crippen molar-refractivity contribution in [2.75, 3.05) is 0 Å². The number of hydrogen-bond acceptors (Lipinski definition) is 1. The molecular weight excluding hydrogens is 286 g/mol. The number of aromatic nitrogens is 1. The largest absolute Gasteiger partial charge is 0.478 e. The molecule has 0 fully saturated rings. The highest BCUT2D eigenvalue weighted by Crippen LogP contribution is 2.23. The summed E-state index contributed by atoms with van der Waals surface area (Å²) in [7, 11) is 0. The highest BCUT2D eigenvalue weighted by molar-refractivity contribution is 6.30. The number of carbonyl (C=O) groups is 1. The summed E-state index contributed by atoms with van der Waals surface area (Å²) in [6.45, 7) is 2.71. The Balaban J connectivity index is 2.07. The van der Waals surface area contributed by atoms with Gasteiger partial charge in [0.2, 0.25) is 0 Å². The number of aromatic carboxylic acids is 1. The van der Waals surface area contributed by atoms with Gasteiger partial charge in [-0.2, -0.15) is 0 Å². The molecule has 1 aromatic heterocycles. The molecule has 4 heteroatoms. The molecule has 21 heavy (non-hydrogen) atoms. The molecule has 0 unspecified atom stereocenters. The normalized spacial score (nSPS) is 11.0. The summed E-state index contributed by atoms with van der Waals surface area (Å²) in [6, 6.07) is 12.9. The topological polar surface area (TPSA) is 42.2 Å². The van der Waals surface area contributed by atoms with Crippen LogP contribution < -0.4 is 0 Å². The second kappa shape index (κ2) is 5.26. The number of fused-ring (bicyclic) bond motifs is 1. The van der Waals surface area contributed by atoms with E-state index in [-0.39, 0.29) is 0 Å². The van der Waals surface area contributed by atoms with E-state index in [1.807, 2.05) is 43.5 Å². The maximum atomic E-state index is 11.1. The summed E-state index contributed by atoms with van der Waals surface area (Å²) in [5, 5.41) is 10.9. The lowest BCUT2D eigenvalue weighted by Gasteiger charge is -2.06. The third-order valence-electron chi connectivity index (χ3n) is 3.59. The van der Waals surface area contributed by atoms with Crippen LogP contribution in [0.1, 0.15) is 21.5 Å². The monoisotopic (exact) mass is 299 g/mol. The van der Waals surface area contributed by atoms with Crippen molar-refractivity contribution in [1.82, 2.24) is 4.57 Å². The standard InChI is InChI=1S/C17H14ClNO2/c1-11-9-19(10-12-2-5-14(18)6-3-12)16-8-13(17(20)21)4-7-15(11)16/h2-9H,10H2,1H3,(H,20,21). The van der Waals surface area contributed by atoms with Crippen molar-refractivity contribution in [2.45, 2.75) is 13.5 Å². The van der Waals surface area contributed by atoms with Crippen LogP contribution in [0.25, 0.3) is 10.9 Å². The van der Waals surface area contributed by atoms with Crippen LogP contribution in [0.5, 0.6) is 0 Å². The lowest BCUT2D eigenvalue weighted by Crippen LogP contribution is -2.00. The minimum Gasteiger partial charge on any atom is -0.478 e. The molecule has 3 rings (SSSR count). The Morgan fingerprint density at radius 1 is 1.19 bits per heavy atom.